The predicted octanol–water partition coefficient (Wildman–Crippen LogP) is -2.06. The molecule has 1 atom stereocenters. The van der Waals surface area contributed by atoms with Gasteiger partial charge in [0.1, 0.15) is 0 Å². The van der Waals surface area contributed by atoms with E-state index in [-0.39, 0.29) is 18.4 Å². The zero-order chi connectivity index (χ0) is 12.6. The Bertz CT molecular complexity index is 279. The summed E-state index contributed by atoms with van der Waals surface area (Å²) in [6.07, 6.45) is 0.962. The van der Waals surface area contributed by atoms with E-state index in [1.54, 1.807) is 5.43 Å². The molecule has 0 saturated carbocycles. The van der Waals surface area contributed by atoms with Crippen LogP contribution in [0.5, 0.6) is 0 Å². The van der Waals surface area contributed by atoms with Crippen molar-refractivity contribution in [3.05, 3.63) is 10.1 Å². The summed E-state index contributed by atoms with van der Waals surface area (Å²) in [6, 6.07) is -0.593. The van der Waals surface area contributed by atoms with Crippen molar-refractivity contribution in [1.82, 2.24) is 10.7 Å². The van der Waals surface area contributed by atoms with Crippen LogP contribution in [0.1, 0.15) is 12.8 Å². The number of nitrogens with zero attached hydrogens (tertiary/aromatic N) is 2. The Hall–Kier alpha value is -1.90. The van der Waals surface area contributed by atoms with Gasteiger partial charge in [-0.25, -0.2) is 15.1 Å². The molecule has 0 bridgehead atoms. The Morgan fingerprint density at radius 2 is 2.25 bits per heavy atom. The number of nitrogens with one attached hydrogen (secondary N) is 2. The zero-order valence-corrected chi connectivity index (χ0v) is 8.97. The number of guanidine groups is 1. The highest BCUT2D eigenvalue weighted by molar-refractivity contribution is 5.81. The number of rotatable bonds is 6. The van der Waals surface area contributed by atoms with Crippen LogP contribution in [0.25, 0.3) is 0 Å². The average Bonchev–Trinajstić information content (AvgIpc) is 2.21. The molecule has 6 N–H and O–H groups in total. The summed E-state index contributed by atoms with van der Waals surface area (Å²) in [5, 5.41) is 11.6. The second-order valence-corrected chi connectivity index (χ2v) is 3.00. The molecule has 0 fully saturated rings. The van der Waals surface area contributed by atoms with E-state index in [9.17, 15) is 14.9 Å². The lowest BCUT2D eigenvalue weighted by atomic mass is 10.1. The minimum atomic E-state index is -0.797. The minimum absolute atomic E-state index is 0.250. The summed E-state index contributed by atoms with van der Waals surface area (Å²) < 4.78 is 0. The molecule has 0 aliphatic carbocycles. The predicted molar refractivity (Wildman–Crippen MR) is 57.9 cm³/mol. The molecule has 0 rings (SSSR count). The van der Waals surface area contributed by atoms with Crippen LogP contribution in [0.2, 0.25) is 0 Å². The molecule has 92 valence electrons. The number of amides is 1. The normalized spacial score (nSPS) is 13.0. The fourth-order valence-corrected chi connectivity index (χ4v) is 0.956. The second-order valence-electron chi connectivity index (χ2n) is 3.00. The van der Waals surface area contributed by atoms with E-state index in [2.05, 4.69) is 10.3 Å². The fraction of sp³-hybridized carbons (Fsp3) is 0.714. The van der Waals surface area contributed by atoms with Gasteiger partial charge in [-0.05, 0) is 12.8 Å². The molecule has 16 heavy (non-hydrogen) atoms. The zero-order valence-electron chi connectivity index (χ0n) is 8.97. The third-order valence-electron chi connectivity index (χ3n) is 1.74. The van der Waals surface area contributed by atoms with Gasteiger partial charge < -0.3 is 16.8 Å². The first-order valence-corrected chi connectivity index (χ1v) is 4.65. The molecule has 0 saturated heterocycles. The van der Waals surface area contributed by atoms with Gasteiger partial charge in [0.25, 0.3) is 5.96 Å². The maximum atomic E-state index is 11.0. The van der Waals surface area contributed by atoms with E-state index in [4.69, 9.17) is 11.5 Å². The largest absolute Gasteiger partial charge is 0.365 e. The van der Waals surface area contributed by atoms with Gasteiger partial charge in [-0.3, -0.25) is 4.79 Å². The number of carbonyl (C=O) groups excluding carboxylic acids is 1. The number of nitrogens with two attached hydrogens (primary N) is 2. The van der Waals surface area contributed by atoms with Gasteiger partial charge in [-0.15, -0.1) is 0 Å². The molecule has 0 aromatic rings. The van der Waals surface area contributed by atoms with Crippen molar-refractivity contribution in [3.8, 4) is 0 Å². The average molecular weight is 232 g/mol. The molecule has 0 aromatic carbocycles. The van der Waals surface area contributed by atoms with Crippen LogP contribution in [0.3, 0.4) is 0 Å². The third kappa shape index (κ3) is 6.54. The van der Waals surface area contributed by atoms with Crippen molar-refractivity contribution < 1.29 is 9.83 Å². The van der Waals surface area contributed by atoms with Crippen LogP contribution in [-0.4, -0.2) is 36.5 Å². The van der Waals surface area contributed by atoms with E-state index < -0.39 is 11.1 Å². The fourth-order valence-electron chi connectivity index (χ4n) is 0.956. The number of likely N-dealkylation sites (N-methyl/N-ethyl adjacent to an activating group) is 1. The molecular weight excluding hydrogens is 216 g/mol. The monoisotopic (exact) mass is 232 g/mol. The van der Waals surface area contributed by atoms with E-state index in [1.165, 1.54) is 7.05 Å². The minimum Gasteiger partial charge on any atom is -0.365 e. The first-order chi connectivity index (χ1) is 7.47. The van der Waals surface area contributed by atoms with E-state index in [1.807, 2.05) is 0 Å². The van der Waals surface area contributed by atoms with Crippen molar-refractivity contribution in [3.63, 3.8) is 0 Å². The lowest BCUT2D eigenvalue weighted by molar-refractivity contribution is -0.525. The summed E-state index contributed by atoms with van der Waals surface area (Å²) in [4.78, 5) is 24.6. The molecule has 0 aromatic heterocycles. The van der Waals surface area contributed by atoms with Gasteiger partial charge in [0.05, 0.1) is 6.04 Å². The van der Waals surface area contributed by atoms with E-state index in [0.717, 1.165) is 0 Å². The highest BCUT2D eigenvalue weighted by Crippen LogP contribution is 1.94. The maximum absolute atomic E-state index is 11.0. The Labute approximate surface area is 92.4 Å². The highest BCUT2D eigenvalue weighted by Gasteiger charge is 2.10. The number of hydrogen-bond donors (Lipinski definition) is 4. The van der Waals surface area contributed by atoms with Gasteiger partial charge in [0, 0.05) is 13.6 Å². The molecule has 0 unspecified atom stereocenters. The molecule has 9 heteroatoms. The Kier molecular flexibility index (Phi) is 6.52. The summed E-state index contributed by atoms with van der Waals surface area (Å²) in [6.45, 7) is 0.275. The standard InChI is InChI=1S/C7H16N6O3/c1-10-6(14)5(8)3-2-4-11-7(9)12-13(15)16/h5H,2-4,8H2,1H3,(H,10,14)(H3,9,11,12)/t5-/m0/s1. The van der Waals surface area contributed by atoms with Crippen molar-refractivity contribution >= 4 is 11.9 Å². The van der Waals surface area contributed by atoms with Crippen molar-refractivity contribution in [2.24, 2.45) is 16.5 Å². The summed E-state index contributed by atoms with van der Waals surface area (Å²) in [5.41, 5.74) is 12.4. The highest BCUT2D eigenvalue weighted by atomic mass is 16.7. The molecule has 1 amide bonds. The van der Waals surface area contributed by atoms with Crippen LogP contribution in [0.4, 0.5) is 0 Å². The van der Waals surface area contributed by atoms with Crippen molar-refractivity contribution in [2.75, 3.05) is 13.6 Å². The molecule has 0 radical (unpaired) electrons. The summed E-state index contributed by atoms with van der Waals surface area (Å²) in [5.74, 6) is -0.515. The van der Waals surface area contributed by atoms with Gasteiger partial charge in [-0.2, -0.15) is 0 Å². The quantitative estimate of drug-likeness (QED) is 0.136. The van der Waals surface area contributed by atoms with Crippen molar-refractivity contribution in [2.45, 2.75) is 18.9 Å². The second kappa shape index (κ2) is 7.40. The SMILES string of the molecule is CNC(=O)[C@@H](N)CCCN=C(N)N[N+](=O)[O-]. The topological polar surface area (TPSA) is 149 Å². The maximum Gasteiger partial charge on any atom is 0.251 e. The molecule has 0 aliphatic rings. The Morgan fingerprint density at radius 1 is 1.62 bits per heavy atom. The molecule has 0 aliphatic heterocycles. The lowest BCUT2D eigenvalue weighted by Crippen LogP contribution is -2.39. The van der Waals surface area contributed by atoms with Gasteiger partial charge in [0.2, 0.25) is 5.91 Å². The molecule has 9 nitrogen and oxygen atoms in total. The Morgan fingerprint density at radius 3 is 2.75 bits per heavy atom. The van der Waals surface area contributed by atoms with Crippen LogP contribution < -0.4 is 22.2 Å². The van der Waals surface area contributed by atoms with E-state index >= 15 is 0 Å². The number of aliphatic imine (C=N–C) groups is 1. The van der Waals surface area contributed by atoms with Crippen molar-refractivity contribution in [1.29, 1.82) is 0 Å². The molecule has 0 spiro atoms. The van der Waals surface area contributed by atoms with Crippen LogP contribution in [0.15, 0.2) is 4.99 Å². The number of nitro groups is 1. The third-order valence-corrected chi connectivity index (χ3v) is 1.74. The van der Waals surface area contributed by atoms with Crippen LogP contribution in [0, 0.1) is 10.1 Å². The number of hydrogen-bond acceptors (Lipinski definition) is 5. The van der Waals surface area contributed by atoms with E-state index in [0.29, 0.717) is 12.8 Å². The lowest BCUT2D eigenvalue weighted by Gasteiger charge is -2.08. The first kappa shape index (κ1) is 14.1. The summed E-state index contributed by atoms with van der Waals surface area (Å²) in [7, 11) is 1.50. The van der Waals surface area contributed by atoms with Gasteiger partial charge >= 0.3 is 0 Å². The number of carbonyl (C=O) groups is 1. The smallest absolute Gasteiger partial charge is 0.251 e. The van der Waals surface area contributed by atoms with Crippen LogP contribution in [-0.2, 0) is 4.79 Å². The number of hydrazine groups is 1. The summed E-state index contributed by atoms with van der Waals surface area (Å²) >= 11 is 0. The van der Waals surface area contributed by atoms with Gasteiger partial charge in [0.15, 0.2) is 5.03 Å². The van der Waals surface area contributed by atoms with Gasteiger partial charge in [-0.1, -0.05) is 5.43 Å². The first-order valence-electron chi connectivity index (χ1n) is 4.65. The molecular formula is C7H16N6O3. The molecule has 0 heterocycles. The van der Waals surface area contributed by atoms with Crippen LogP contribution >= 0.6 is 0 Å². The Balaban J connectivity index is 3.74.